The number of Topliss-reactive ketones (excluding diaryl/α,β-unsaturated/α-hetero) is 1. The van der Waals surface area contributed by atoms with Crippen molar-refractivity contribution in [3.63, 3.8) is 0 Å². The number of carbonyl (C=O) groups excluding carboxylic acids is 1. The van der Waals surface area contributed by atoms with Crippen LogP contribution in [0.25, 0.3) is 10.2 Å². The topological polar surface area (TPSA) is 63.0 Å². The third-order valence-electron chi connectivity index (χ3n) is 3.62. The first-order chi connectivity index (χ1) is 11.7. The minimum absolute atomic E-state index is 0.138. The van der Waals surface area contributed by atoms with E-state index in [1.54, 1.807) is 0 Å². The molecule has 0 aliphatic carbocycles. The number of benzene rings is 2. The molecule has 0 radical (unpaired) electrons. The van der Waals surface area contributed by atoms with E-state index in [2.05, 4.69) is 11.1 Å². The first-order valence-electron chi connectivity index (χ1n) is 7.70. The number of thiazole rings is 1. The molecule has 0 spiro atoms. The molecule has 2 aromatic carbocycles. The van der Waals surface area contributed by atoms with Crippen molar-refractivity contribution < 1.29 is 9.53 Å². The van der Waals surface area contributed by atoms with Gasteiger partial charge in [0.15, 0.2) is 11.7 Å². The van der Waals surface area contributed by atoms with E-state index in [0.29, 0.717) is 11.6 Å². The van der Waals surface area contributed by atoms with Crippen LogP contribution in [-0.2, 0) is 11.2 Å². The molecule has 4 nitrogen and oxygen atoms in total. The first kappa shape index (κ1) is 16.2. The second kappa shape index (κ2) is 7.24. The van der Waals surface area contributed by atoms with Crippen molar-refractivity contribution in [3.8, 4) is 11.8 Å². The van der Waals surface area contributed by atoms with Crippen molar-refractivity contribution in [2.45, 2.75) is 19.3 Å². The minimum Gasteiger partial charge on any atom is -0.494 e. The maximum atomic E-state index is 12.5. The summed E-state index contributed by atoms with van der Waals surface area (Å²) < 4.78 is 6.38. The second-order valence-corrected chi connectivity index (χ2v) is 6.36. The summed E-state index contributed by atoms with van der Waals surface area (Å²) >= 11 is 1.40. The molecule has 0 aliphatic heterocycles. The van der Waals surface area contributed by atoms with E-state index in [9.17, 15) is 10.1 Å². The van der Waals surface area contributed by atoms with Gasteiger partial charge in [-0.1, -0.05) is 24.3 Å². The van der Waals surface area contributed by atoms with E-state index in [0.717, 1.165) is 21.5 Å². The highest BCUT2D eigenvalue weighted by Gasteiger charge is 2.24. The summed E-state index contributed by atoms with van der Waals surface area (Å²) in [5, 5.41) is 10.0. The number of hydrogen-bond acceptors (Lipinski definition) is 5. The van der Waals surface area contributed by atoms with Gasteiger partial charge in [0.25, 0.3) is 0 Å². The third kappa shape index (κ3) is 3.44. The molecule has 0 bridgehead atoms. The lowest BCUT2D eigenvalue weighted by molar-refractivity contribution is -0.118. The summed E-state index contributed by atoms with van der Waals surface area (Å²) in [5.74, 6) is -0.189. The number of para-hydroxylation sites is 1. The molecule has 1 aromatic heterocycles. The highest BCUT2D eigenvalue weighted by Crippen LogP contribution is 2.28. The second-order valence-electron chi connectivity index (χ2n) is 5.30. The van der Waals surface area contributed by atoms with Gasteiger partial charge >= 0.3 is 0 Å². The number of hydrogen-bond donors (Lipinski definition) is 0. The number of ketones is 1. The fraction of sp³-hybridized carbons (Fsp3) is 0.211. The predicted octanol–water partition coefficient (Wildman–Crippen LogP) is 4.11. The fourth-order valence-corrected chi connectivity index (χ4v) is 3.49. The van der Waals surface area contributed by atoms with E-state index in [4.69, 9.17) is 4.74 Å². The van der Waals surface area contributed by atoms with Crippen molar-refractivity contribution >= 4 is 27.3 Å². The van der Waals surface area contributed by atoms with Crippen molar-refractivity contribution in [2.75, 3.05) is 6.61 Å². The van der Waals surface area contributed by atoms with E-state index in [1.165, 1.54) is 11.3 Å². The van der Waals surface area contributed by atoms with Gasteiger partial charge in [-0.05, 0) is 36.8 Å². The van der Waals surface area contributed by atoms with Gasteiger partial charge < -0.3 is 4.74 Å². The minimum atomic E-state index is -0.825. The molecular formula is C19H16N2O2S. The Balaban J connectivity index is 1.77. The number of fused-ring (bicyclic) bond motifs is 1. The Morgan fingerprint density at radius 3 is 2.67 bits per heavy atom. The number of nitriles is 1. The molecule has 0 N–H and O–H groups in total. The molecular weight excluding hydrogens is 320 g/mol. The van der Waals surface area contributed by atoms with Gasteiger partial charge in [0.05, 0.1) is 22.9 Å². The lowest BCUT2D eigenvalue weighted by atomic mass is 9.99. The summed E-state index contributed by atoms with van der Waals surface area (Å²) in [4.78, 5) is 17.0. The normalized spacial score (nSPS) is 11.8. The molecule has 0 fully saturated rings. The van der Waals surface area contributed by atoms with Crippen LogP contribution >= 0.6 is 11.3 Å². The van der Waals surface area contributed by atoms with Crippen LogP contribution in [0.3, 0.4) is 0 Å². The van der Waals surface area contributed by atoms with E-state index >= 15 is 0 Å². The average molecular weight is 336 g/mol. The number of carbonyl (C=O) groups is 1. The molecule has 0 amide bonds. The molecule has 5 heteroatoms. The third-order valence-corrected chi connectivity index (χ3v) is 4.72. The van der Waals surface area contributed by atoms with Crippen LogP contribution < -0.4 is 4.74 Å². The zero-order chi connectivity index (χ0) is 16.9. The van der Waals surface area contributed by atoms with Crippen LogP contribution in [0.4, 0.5) is 0 Å². The number of nitrogens with zero attached hydrogens (tertiary/aromatic N) is 2. The van der Waals surface area contributed by atoms with Gasteiger partial charge in [0, 0.05) is 6.42 Å². The van der Waals surface area contributed by atoms with Gasteiger partial charge in [-0.25, -0.2) is 4.98 Å². The van der Waals surface area contributed by atoms with Crippen molar-refractivity contribution in [2.24, 2.45) is 0 Å². The molecule has 0 aliphatic rings. The standard InChI is InChI=1S/C19H16N2O2S/c1-2-23-14-9-7-13(8-10-14)11-17(22)15(12-20)19-21-16-5-3-4-6-18(16)24-19/h3-10,15H,2,11H2,1H3/t15-/m1/s1. The summed E-state index contributed by atoms with van der Waals surface area (Å²) in [6, 6.07) is 17.2. The van der Waals surface area contributed by atoms with Crippen LogP contribution in [0.1, 0.15) is 23.4 Å². The van der Waals surface area contributed by atoms with Crippen LogP contribution in [0.15, 0.2) is 48.5 Å². The highest BCUT2D eigenvalue weighted by atomic mass is 32.1. The van der Waals surface area contributed by atoms with Crippen molar-refractivity contribution in [1.82, 2.24) is 4.98 Å². The Labute approximate surface area is 144 Å². The number of aromatic nitrogens is 1. The van der Waals surface area contributed by atoms with E-state index in [1.807, 2.05) is 55.5 Å². The van der Waals surface area contributed by atoms with Gasteiger partial charge in [-0.2, -0.15) is 5.26 Å². The fourth-order valence-electron chi connectivity index (χ4n) is 2.45. The molecule has 1 heterocycles. The molecule has 0 saturated carbocycles. The van der Waals surface area contributed by atoms with Gasteiger partial charge in [-0.15, -0.1) is 11.3 Å². The van der Waals surface area contributed by atoms with Crippen molar-refractivity contribution in [1.29, 1.82) is 5.26 Å². The lowest BCUT2D eigenvalue weighted by Gasteiger charge is -2.07. The monoisotopic (exact) mass is 336 g/mol. The molecule has 24 heavy (non-hydrogen) atoms. The maximum absolute atomic E-state index is 12.5. The zero-order valence-corrected chi connectivity index (χ0v) is 14.0. The quantitative estimate of drug-likeness (QED) is 0.679. The molecule has 3 rings (SSSR count). The molecule has 0 unspecified atom stereocenters. The average Bonchev–Trinajstić information content (AvgIpc) is 3.01. The Bertz CT molecular complexity index is 861. The summed E-state index contributed by atoms with van der Waals surface area (Å²) in [5.41, 5.74) is 1.69. The smallest absolute Gasteiger partial charge is 0.161 e. The molecule has 3 aromatic rings. The summed E-state index contributed by atoms with van der Waals surface area (Å²) in [6.45, 7) is 2.53. The maximum Gasteiger partial charge on any atom is 0.161 e. The van der Waals surface area contributed by atoms with Crippen molar-refractivity contribution in [3.05, 3.63) is 59.1 Å². The lowest BCUT2D eigenvalue weighted by Crippen LogP contribution is -2.13. The molecule has 1 atom stereocenters. The summed E-state index contributed by atoms with van der Waals surface area (Å²) in [6.07, 6.45) is 0.209. The molecule has 120 valence electrons. The Morgan fingerprint density at radius 1 is 1.25 bits per heavy atom. The predicted molar refractivity (Wildman–Crippen MR) is 94.3 cm³/mol. The van der Waals surface area contributed by atoms with E-state index in [-0.39, 0.29) is 12.2 Å². The Kier molecular flexibility index (Phi) is 4.88. The zero-order valence-electron chi connectivity index (χ0n) is 13.2. The number of ether oxygens (including phenoxy) is 1. The molecule has 0 saturated heterocycles. The Morgan fingerprint density at radius 2 is 2.00 bits per heavy atom. The van der Waals surface area contributed by atoms with Gasteiger partial charge in [0.2, 0.25) is 0 Å². The first-order valence-corrected chi connectivity index (χ1v) is 8.52. The highest BCUT2D eigenvalue weighted by molar-refractivity contribution is 7.18. The van der Waals surface area contributed by atoms with Crippen LogP contribution in [0.2, 0.25) is 0 Å². The van der Waals surface area contributed by atoms with Gasteiger partial charge in [-0.3, -0.25) is 4.79 Å². The van der Waals surface area contributed by atoms with Crippen LogP contribution in [0, 0.1) is 11.3 Å². The van der Waals surface area contributed by atoms with Crippen LogP contribution in [0.5, 0.6) is 5.75 Å². The SMILES string of the molecule is CCOc1ccc(CC(=O)[C@@H](C#N)c2nc3ccccc3s2)cc1. The van der Waals surface area contributed by atoms with E-state index < -0.39 is 5.92 Å². The number of rotatable bonds is 6. The summed E-state index contributed by atoms with van der Waals surface area (Å²) in [7, 11) is 0. The van der Waals surface area contributed by atoms with Gasteiger partial charge in [0.1, 0.15) is 10.8 Å². The van der Waals surface area contributed by atoms with Crippen LogP contribution in [-0.4, -0.2) is 17.4 Å². The Hall–Kier alpha value is -2.71. The largest absolute Gasteiger partial charge is 0.494 e.